The van der Waals surface area contributed by atoms with Crippen LogP contribution >= 0.6 is 11.6 Å². The van der Waals surface area contributed by atoms with Gasteiger partial charge in [0.1, 0.15) is 22.8 Å². The van der Waals surface area contributed by atoms with Crippen molar-refractivity contribution in [3.05, 3.63) is 16.5 Å². The van der Waals surface area contributed by atoms with Crippen molar-refractivity contribution >= 4 is 29.4 Å². The summed E-state index contributed by atoms with van der Waals surface area (Å²) in [5.74, 6) is 1.27. The zero-order chi connectivity index (χ0) is 18.6. The van der Waals surface area contributed by atoms with Gasteiger partial charge in [0.05, 0.1) is 0 Å². The summed E-state index contributed by atoms with van der Waals surface area (Å²) in [7, 11) is 0. The van der Waals surface area contributed by atoms with Crippen LogP contribution in [0.5, 0.6) is 0 Å². The van der Waals surface area contributed by atoms with Gasteiger partial charge in [0.25, 0.3) is 0 Å². The Hall–Kier alpha value is -2.09. The monoisotopic (exact) mass is 369 g/mol. The summed E-state index contributed by atoms with van der Waals surface area (Å²) in [5.41, 5.74) is 6.71. The number of carbonyl (C=O) groups is 2. The Morgan fingerprint density at radius 1 is 1.40 bits per heavy atom. The molecule has 1 aliphatic heterocycles. The zero-order valence-electron chi connectivity index (χ0n) is 14.5. The predicted molar refractivity (Wildman–Crippen MR) is 94.4 cm³/mol. The second kappa shape index (κ2) is 8.33. The fraction of sp³-hybridized carbons (Fsp3) is 0.625. The van der Waals surface area contributed by atoms with E-state index in [0.29, 0.717) is 42.2 Å². The maximum absolute atomic E-state index is 12.2. The molecule has 1 aliphatic rings. The summed E-state index contributed by atoms with van der Waals surface area (Å²) in [5, 5.41) is 11.3. The Balaban J connectivity index is 1.83. The van der Waals surface area contributed by atoms with Gasteiger partial charge in [-0.25, -0.2) is 14.8 Å². The molecule has 0 unspecified atom stereocenters. The number of aryl methyl sites for hydroxylation is 1. The van der Waals surface area contributed by atoms with Gasteiger partial charge in [-0.1, -0.05) is 11.6 Å². The molecule has 0 aliphatic carbocycles. The van der Waals surface area contributed by atoms with Crippen LogP contribution in [0.4, 0.5) is 10.6 Å². The molecule has 8 nitrogen and oxygen atoms in total. The van der Waals surface area contributed by atoms with E-state index < -0.39 is 12.1 Å². The first-order valence-corrected chi connectivity index (χ1v) is 8.72. The molecule has 0 aromatic carbocycles. The standard InChI is InChI=1S/C16H24ClN5O3/c1-9(19-16(24)25)15(23)22-7-5-11(6-8-22)3-4-12-13(17)20-10(2)21-14(12)18/h9,11,19H,3-8H2,1-2H3,(H,24,25)(H2,18,20,21)/t9-/m1/s1. The zero-order valence-corrected chi connectivity index (χ0v) is 15.2. The fourth-order valence-corrected chi connectivity index (χ4v) is 3.44. The minimum absolute atomic E-state index is 0.180. The second-order valence-corrected chi connectivity index (χ2v) is 6.76. The van der Waals surface area contributed by atoms with Crippen molar-refractivity contribution < 1.29 is 14.7 Å². The van der Waals surface area contributed by atoms with E-state index in [2.05, 4.69) is 15.3 Å². The van der Waals surface area contributed by atoms with Crippen molar-refractivity contribution in [3.63, 3.8) is 0 Å². The predicted octanol–water partition coefficient (Wildman–Crippen LogP) is 1.85. The van der Waals surface area contributed by atoms with Crippen LogP contribution in [-0.2, 0) is 11.2 Å². The number of piperidine rings is 1. The van der Waals surface area contributed by atoms with E-state index in [-0.39, 0.29) is 5.91 Å². The third-order valence-corrected chi connectivity index (χ3v) is 4.85. The maximum atomic E-state index is 12.2. The first kappa shape index (κ1) is 19.2. The van der Waals surface area contributed by atoms with Gasteiger partial charge in [-0.2, -0.15) is 0 Å². The number of nitrogens with zero attached hydrogens (tertiary/aromatic N) is 3. The highest BCUT2D eigenvalue weighted by Gasteiger charge is 2.27. The van der Waals surface area contributed by atoms with Gasteiger partial charge in [0, 0.05) is 18.7 Å². The first-order chi connectivity index (χ1) is 11.8. The molecule has 1 saturated heterocycles. The highest BCUT2D eigenvalue weighted by molar-refractivity contribution is 6.30. The molecule has 2 amide bonds. The van der Waals surface area contributed by atoms with E-state index in [4.69, 9.17) is 22.4 Å². The van der Waals surface area contributed by atoms with Crippen molar-refractivity contribution in [3.8, 4) is 0 Å². The summed E-state index contributed by atoms with van der Waals surface area (Å²) in [4.78, 5) is 32.8. The average Bonchev–Trinajstić information content (AvgIpc) is 2.53. The number of halogens is 1. The Morgan fingerprint density at radius 2 is 2.04 bits per heavy atom. The number of nitrogen functional groups attached to an aromatic ring is 1. The molecule has 0 bridgehead atoms. The van der Waals surface area contributed by atoms with Gasteiger partial charge in [0.15, 0.2) is 0 Å². The fourth-order valence-electron chi connectivity index (χ4n) is 3.12. The molecule has 25 heavy (non-hydrogen) atoms. The number of carboxylic acid groups (broad SMARTS) is 1. The number of rotatable bonds is 5. The van der Waals surface area contributed by atoms with Gasteiger partial charge in [0.2, 0.25) is 5.91 Å². The number of aromatic nitrogens is 2. The molecular weight excluding hydrogens is 346 g/mol. The molecule has 138 valence electrons. The molecule has 0 saturated carbocycles. The van der Waals surface area contributed by atoms with Gasteiger partial charge in [-0.05, 0) is 45.4 Å². The van der Waals surface area contributed by atoms with Crippen LogP contribution in [0.25, 0.3) is 0 Å². The van der Waals surface area contributed by atoms with Crippen molar-refractivity contribution in [2.75, 3.05) is 18.8 Å². The van der Waals surface area contributed by atoms with Crippen LogP contribution in [0, 0.1) is 12.8 Å². The van der Waals surface area contributed by atoms with Crippen LogP contribution in [0.3, 0.4) is 0 Å². The van der Waals surface area contributed by atoms with Crippen molar-refractivity contribution in [2.24, 2.45) is 5.92 Å². The minimum atomic E-state index is -1.19. The first-order valence-electron chi connectivity index (χ1n) is 8.34. The van der Waals surface area contributed by atoms with Gasteiger partial charge in [-0.3, -0.25) is 4.79 Å². The van der Waals surface area contributed by atoms with E-state index >= 15 is 0 Å². The van der Waals surface area contributed by atoms with Gasteiger partial charge < -0.3 is 21.1 Å². The van der Waals surface area contributed by atoms with Crippen LogP contribution < -0.4 is 11.1 Å². The molecule has 1 aromatic rings. The lowest BCUT2D eigenvalue weighted by molar-refractivity contribution is -0.134. The molecule has 0 spiro atoms. The number of likely N-dealkylation sites (tertiary alicyclic amines) is 1. The minimum Gasteiger partial charge on any atom is -0.465 e. The lowest BCUT2D eigenvalue weighted by atomic mass is 9.90. The number of anilines is 1. The molecule has 2 heterocycles. The average molecular weight is 370 g/mol. The second-order valence-electron chi connectivity index (χ2n) is 6.40. The Bertz CT molecular complexity index is 624. The van der Waals surface area contributed by atoms with Crippen molar-refractivity contribution in [2.45, 2.75) is 45.6 Å². The number of nitrogens with two attached hydrogens (primary N) is 1. The van der Waals surface area contributed by atoms with Gasteiger partial charge >= 0.3 is 6.09 Å². The number of hydrogen-bond donors (Lipinski definition) is 3. The number of hydrogen-bond acceptors (Lipinski definition) is 5. The van der Waals surface area contributed by atoms with Crippen molar-refractivity contribution in [1.82, 2.24) is 20.2 Å². The van der Waals surface area contributed by atoms with E-state index in [0.717, 1.165) is 24.8 Å². The summed E-state index contributed by atoms with van der Waals surface area (Å²) in [6.45, 7) is 4.56. The van der Waals surface area contributed by atoms with Crippen LogP contribution in [0.1, 0.15) is 37.6 Å². The summed E-state index contributed by atoms with van der Waals surface area (Å²) in [6, 6.07) is -0.725. The molecule has 1 aromatic heterocycles. The molecule has 4 N–H and O–H groups in total. The van der Waals surface area contributed by atoms with Crippen molar-refractivity contribution in [1.29, 1.82) is 0 Å². The van der Waals surface area contributed by atoms with Crippen LogP contribution in [0.15, 0.2) is 0 Å². The molecule has 2 rings (SSSR count). The summed E-state index contributed by atoms with van der Waals surface area (Å²) in [6.07, 6.45) is 2.17. The smallest absolute Gasteiger partial charge is 0.405 e. The Labute approximate surface area is 151 Å². The lowest BCUT2D eigenvalue weighted by Crippen LogP contribution is -2.49. The molecular formula is C16H24ClN5O3. The summed E-state index contributed by atoms with van der Waals surface area (Å²) >= 11 is 6.15. The van der Waals surface area contributed by atoms with E-state index in [1.165, 1.54) is 0 Å². The quantitative estimate of drug-likeness (QED) is 0.681. The largest absolute Gasteiger partial charge is 0.465 e. The van der Waals surface area contributed by atoms with Crippen LogP contribution in [-0.4, -0.2) is 51.1 Å². The van der Waals surface area contributed by atoms with E-state index in [1.807, 2.05) is 0 Å². The molecule has 1 atom stereocenters. The van der Waals surface area contributed by atoms with E-state index in [9.17, 15) is 9.59 Å². The third kappa shape index (κ3) is 5.19. The maximum Gasteiger partial charge on any atom is 0.405 e. The number of carbonyl (C=O) groups excluding carboxylic acids is 1. The Kier molecular flexibility index (Phi) is 6.41. The third-order valence-electron chi connectivity index (χ3n) is 4.54. The van der Waals surface area contributed by atoms with E-state index in [1.54, 1.807) is 18.7 Å². The molecule has 0 radical (unpaired) electrons. The highest BCUT2D eigenvalue weighted by Crippen LogP contribution is 2.26. The molecule has 9 heteroatoms. The summed E-state index contributed by atoms with van der Waals surface area (Å²) < 4.78 is 0. The SMILES string of the molecule is Cc1nc(N)c(CCC2CCN(C(=O)[C@@H](C)NC(=O)O)CC2)c(Cl)n1. The normalized spacial score (nSPS) is 16.5. The molecule has 1 fully saturated rings. The Morgan fingerprint density at radius 3 is 2.60 bits per heavy atom. The number of amides is 2. The lowest BCUT2D eigenvalue weighted by Gasteiger charge is -2.33. The highest BCUT2D eigenvalue weighted by atomic mass is 35.5. The topological polar surface area (TPSA) is 121 Å². The van der Waals surface area contributed by atoms with Crippen LogP contribution in [0.2, 0.25) is 5.15 Å². The van der Waals surface area contributed by atoms with Gasteiger partial charge in [-0.15, -0.1) is 0 Å². The number of nitrogens with one attached hydrogen (secondary N) is 1.